The zero-order chi connectivity index (χ0) is 14.8. The van der Waals surface area contributed by atoms with E-state index in [0.29, 0.717) is 31.4 Å². The number of Topliss-reactive ketones (excluding diaryl/α,β-unsaturated/α-hetero) is 1. The lowest BCUT2D eigenvalue weighted by Crippen LogP contribution is -2.00. The molecule has 4 nitrogen and oxygen atoms in total. The maximum atomic E-state index is 11.9. The summed E-state index contributed by atoms with van der Waals surface area (Å²) in [7, 11) is 1.59. The van der Waals surface area contributed by atoms with E-state index in [0.717, 1.165) is 5.75 Å². The van der Waals surface area contributed by atoms with Crippen LogP contribution in [0.4, 0.5) is 0 Å². The van der Waals surface area contributed by atoms with Gasteiger partial charge in [0.05, 0.1) is 13.7 Å². The molecule has 0 atom stereocenters. The highest BCUT2D eigenvalue weighted by atomic mass is 16.5. The minimum Gasteiger partial charge on any atom is -0.497 e. The second-order valence-corrected chi connectivity index (χ2v) is 4.20. The smallest absolute Gasteiger partial charge is 0.330 e. The van der Waals surface area contributed by atoms with Crippen molar-refractivity contribution in [3.63, 3.8) is 0 Å². The number of benzene rings is 1. The molecule has 0 amide bonds. The molecule has 0 aliphatic carbocycles. The summed E-state index contributed by atoms with van der Waals surface area (Å²) in [6.45, 7) is 2.14. The van der Waals surface area contributed by atoms with Gasteiger partial charge in [0.25, 0.3) is 0 Å². The second-order valence-electron chi connectivity index (χ2n) is 4.20. The molecule has 0 unspecified atom stereocenters. The van der Waals surface area contributed by atoms with E-state index in [-0.39, 0.29) is 11.8 Å². The van der Waals surface area contributed by atoms with Crippen LogP contribution < -0.4 is 4.74 Å². The number of methoxy groups -OCH3 is 1. The second kappa shape index (κ2) is 8.91. The summed E-state index contributed by atoms with van der Waals surface area (Å²) in [5.74, 6) is 0.491. The zero-order valence-corrected chi connectivity index (χ0v) is 11.9. The molecule has 1 aromatic carbocycles. The molecule has 0 saturated carbocycles. The molecule has 108 valence electrons. The first-order valence-corrected chi connectivity index (χ1v) is 6.68. The standard InChI is InChI=1S/C16H20O4/c1-3-20-16(18)8-6-4-5-7-15(17)13-9-11-14(19-2)12-10-13/h6,8-12H,3-5,7H2,1-2H3/b8-6-. The molecular formula is C16H20O4. The number of rotatable bonds is 8. The third-order valence-corrected chi connectivity index (χ3v) is 2.73. The molecule has 20 heavy (non-hydrogen) atoms. The van der Waals surface area contributed by atoms with Gasteiger partial charge in [-0.15, -0.1) is 0 Å². The molecule has 1 rings (SSSR count). The van der Waals surface area contributed by atoms with E-state index >= 15 is 0 Å². The van der Waals surface area contributed by atoms with Crippen molar-refractivity contribution in [2.75, 3.05) is 13.7 Å². The minimum absolute atomic E-state index is 0.0946. The van der Waals surface area contributed by atoms with Gasteiger partial charge in [-0.25, -0.2) is 4.79 Å². The predicted molar refractivity (Wildman–Crippen MR) is 76.9 cm³/mol. The fourth-order valence-corrected chi connectivity index (χ4v) is 1.67. The molecule has 0 radical (unpaired) electrons. The Hall–Kier alpha value is -2.10. The van der Waals surface area contributed by atoms with Crippen LogP contribution in [-0.4, -0.2) is 25.5 Å². The lowest BCUT2D eigenvalue weighted by atomic mass is 10.1. The fraction of sp³-hybridized carbons (Fsp3) is 0.375. The van der Waals surface area contributed by atoms with Crippen molar-refractivity contribution in [1.82, 2.24) is 0 Å². The summed E-state index contributed by atoms with van der Waals surface area (Å²) in [4.78, 5) is 22.9. The first-order valence-electron chi connectivity index (χ1n) is 6.68. The Morgan fingerprint density at radius 2 is 1.90 bits per heavy atom. The number of hydrogen-bond donors (Lipinski definition) is 0. The van der Waals surface area contributed by atoms with E-state index < -0.39 is 0 Å². The summed E-state index contributed by atoms with van der Waals surface area (Å²) >= 11 is 0. The first-order chi connectivity index (χ1) is 9.67. The quantitative estimate of drug-likeness (QED) is 0.317. The third kappa shape index (κ3) is 5.69. The third-order valence-electron chi connectivity index (χ3n) is 2.73. The minimum atomic E-state index is -0.339. The number of carbonyl (C=O) groups is 2. The van der Waals surface area contributed by atoms with Gasteiger partial charge in [0.15, 0.2) is 5.78 Å². The first kappa shape index (κ1) is 16.0. The molecule has 0 saturated heterocycles. The highest BCUT2D eigenvalue weighted by Gasteiger charge is 2.05. The molecule has 0 N–H and O–H groups in total. The number of esters is 1. The van der Waals surface area contributed by atoms with Gasteiger partial charge in [-0.2, -0.15) is 0 Å². The van der Waals surface area contributed by atoms with Crippen LogP contribution in [0.2, 0.25) is 0 Å². The number of allylic oxidation sites excluding steroid dienone is 1. The van der Waals surface area contributed by atoms with Crippen molar-refractivity contribution in [2.45, 2.75) is 26.2 Å². The van der Waals surface area contributed by atoms with Crippen molar-refractivity contribution >= 4 is 11.8 Å². The van der Waals surface area contributed by atoms with E-state index in [9.17, 15) is 9.59 Å². The molecule has 1 aromatic rings. The largest absolute Gasteiger partial charge is 0.497 e. The number of ketones is 1. The number of ether oxygens (including phenoxy) is 2. The van der Waals surface area contributed by atoms with Gasteiger partial charge in [0.2, 0.25) is 0 Å². The van der Waals surface area contributed by atoms with Gasteiger partial charge < -0.3 is 9.47 Å². The van der Waals surface area contributed by atoms with Crippen LogP contribution >= 0.6 is 0 Å². The normalized spacial score (nSPS) is 10.5. The van der Waals surface area contributed by atoms with E-state index in [1.165, 1.54) is 6.08 Å². The molecule has 0 fully saturated rings. The van der Waals surface area contributed by atoms with Gasteiger partial charge in [0, 0.05) is 18.1 Å². The van der Waals surface area contributed by atoms with Gasteiger partial charge in [-0.3, -0.25) is 4.79 Å². The van der Waals surface area contributed by atoms with Gasteiger partial charge >= 0.3 is 5.97 Å². The summed E-state index contributed by atoms with van der Waals surface area (Å²) in [5.41, 5.74) is 0.681. The van der Waals surface area contributed by atoms with Crippen LogP contribution in [0.1, 0.15) is 36.5 Å². The molecule has 4 heteroatoms. The van der Waals surface area contributed by atoms with E-state index in [4.69, 9.17) is 9.47 Å². The van der Waals surface area contributed by atoms with Crippen LogP contribution in [0.5, 0.6) is 5.75 Å². The van der Waals surface area contributed by atoms with Gasteiger partial charge in [-0.1, -0.05) is 6.08 Å². The van der Waals surface area contributed by atoms with Crippen LogP contribution in [0.15, 0.2) is 36.4 Å². The van der Waals surface area contributed by atoms with Crippen LogP contribution in [0.3, 0.4) is 0 Å². The predicted octanol–water partition coefficient (Wildman–Crippen LogP) is 3.17. The maximum Gasteiger partial charge on any atom is 0.330 e. The highest BCUT2D eigenvalue weighted by Crippen LogP contribution is 2.13. The lowest BCUT2D eigenvalue weighted by molar-refractivity contribution is -0.137. The molecular weight excluding hydrogens is 256 g/mol. The molecule has 0 spiro atoms. The van der Waals surface area contributed by atoms with Crippen LogP contribution in [0.25, 0.3) is 0 Å². The summed E-state index contributed by atoms with van der Waals surface area (Å²) in [5, 5.41) is 0. The summed E-state index contributed by atoms with van der Waals surface area (Å²) in [6, 6.07) is 7.06. The monoisotopic (exact) mass is 276 g/mol. The Labute approximate surface area is 119 Å². The van der Waals surface area contributed by atoms with Crippen molar-refractivity contribution in [2.24, 2.45) is 0 Å². The molecule has 0 aliphatic rings. The van der Waals surface area contributed by atoms with E-state index in [1.54, 1.807) is 44.4 Å². The Morgan fingerprint density at radius 3 is 2.50 bits per heavy atom. The summed E-state index contributed by atoms with van der Waals surface area (Å²) < 4.78 is 9.80. The van der Waals surface area contributed by atoms with Crippen LogP contribution in [0, 0.1) is 0 Å². The molecule has 0 bridgehead atoms. The fourth-order valence-electron chi connectivity index (χ4n) is 1.67. The molecule has 0 aliphatic heterocycles. The molecule has 0 aromatic heterocycles. The number of unbranched alkanes of at least 4 members (excludes halogenated alkanes) is 1. The van der Waals surface area contributed by atoms with E-state index in [2.05, 4.69) is 0 Å². The molecule has 0 heterocycles. The van der Waals surface area contributed by atoms with Crippen molar-refractivity contribution < 1.29 is 19.1 Å². The SMILES string of the molecule is CCOC(=O)/C=C\CCCC(=O)c1ccc(OC)cc1. The Bertz CT molecular complexity index is 460. The van der Waals surface area contributed by atoms with Gasteiger partial charge in [0.1, 0.15) is 5.75 Å². The van der Waals surface area contributed by atoms with Gasteiger partial charge in [-0.05, 0) is 44.0 Å². The lowest BCUT2D eigenvalue weighted by Gasteiger charge is -2.02. The highest BCUT2D eigenvalue weighted by molar-refractivity contribution is 5.96. The van der Waals surface area contributed by atoms with E-state index in [1.807, 2.05) is 0 Å². The zero-order valence-electron chi connectivity index (χ0n) is 11.9. The Kier molecular flexibility index (Phi) is 7.11. The summed E-state index contributed by atoms with van der Waals surface area (Å²) in [6.07, 6.45) is 4.99. The number of carbonyl (C=O) groups excluding carboxylic acids is 2. The average molecular weight is 276 g/mol. The Balaban J connectivity index is 2.30. The topological polar surface area (TPSA) is 52.6 Å². The van der Waals surface area contributed by atoms with Crippen LogP contribution in [-0.2, 0) is 9.53 Å². The Morgan fingerprint density at radius 1 is 1.20 bits per heavy atom. The number of hydrogen-bond acceptors (Lipinski definition) is 4. The van der Waals surface area contributed by atoms with Crippen molar-refractivity contribution in [3.05, 3.63) is 42.0 Å². The van der Waals surface area contributed by atoms with Crippen molar-refractivity contribution in [1.29, 1.82) is 0 Å². The average Bonchev–Trinajstić information content (AvgIpc) is 2.47. The maximum absolute atomic E-state index is 11.9. The van der Waals surface area contributed by atoms with Crippen molar-refractivity contribution in [3.8, 4) is 5.75 Å².